The van der Waals surface area contributed by atoms with Gasteiger partial charge < -0.3 is 19.5 Å². The Morgan fingerprint density at radius 3 is 2.39 bits per heavy atom. The van der Waals surface area contributed by atoms with Gasteiger partial charge in [0.25, 0.3) is 0 Å². The van der Waals surface area contributed by atoms with Crippen molar-refractivity contribution in [3.8, 4) is 5.75 Å². The van der Waals surface area contributed by atoms with Crippen LogP contribution in [0.3, 0.4) is 0 Å². The van der Waals surface area contributed by atoms with Gasteiger partial charge >= 0.3 is 0 Å². The van der Waals surface area contributed by atoms with Crippen LogP contribution in [0.15, 0.2) is 66.7 Å². The predicted octanol–water partition coefficient (Wildman–Crippen LogP) is 8.35. The SMILES string of the molecule is CCCCOC1c2cc(NCc3ccc(C(C)(C)C)cc3)ccc2OC(C)(C)C1OCc1cccc(F)c1. The first-order chi connectivity index (χ1) is 18.1. The van der Waals surface area contributed by atoms with Crippen molar-refractivity contribution < 1.29 is 18.6 Å². The van der Waals surface area contributed by atoms with E-state index in [1.165, 1.54) is 23.3 Å². The van der Waals surface area contributed by atoms with Gasteiger partial charge in [0, 0.05) is 24.4 Å². The Balaban J connectivity index is 1.54. The molecular formula is C33H42FNO3. The molecule has 4 rings (SSSR count). The standard InChI is InChI=1S/C33H42FNO3/c1-7-8-18-36-30-28-20-27(35-21-23-12-14-25(15-13-23)32(2,3)4)16-17-29(28)38-33(5,6)31(30)37-22-24-10-9-11-26(34)19-24/h9-17,19-20,30-31,35H,7-8,18,21-22H2,1-6H3. The third-order valence-electron chi connectivity index (χ3n) is 7.08. The normalized spacial score (nSPS) is 18.5. The quantitative estimate of drug-likeness (QED) is 0.273. The van der Waals surface area contributed by atoms with Crippen molar-refractivity contribution in [1.82, 2.24) is 0 Å². The average Bonchev–Trinajstić information content (AvgIpc) is 2.86. The van der Waals surface area contributed by atoms with Crippen molar-refractivity contribution in [2.24, 2.45) is 0 Å². The highest BCUT2D eigenvalue weighted by molar-refractivity contribution is 5.54. The number of fused-ring (bicyclic) bond motifs is 1. The molecule has 5 heteroatoms. The lowest BCUT2D eigenvalue weighted by molar-refractivity contribution is -0.167. The second-order valence-corrected chi connectivity index (χ2v) is 11.8. The van der Waals surface area contributed by atoms with E-state index in [1.807, 2.05) is 26.0 Å². The van der Waals surface area contributed by atoms with Gasteiger partial charge in [-0.2, -0.15) is 0 Å². The number of hydrogen-bond acceptors (Lipinski definition) is 4. The van der Waals surface area contributed by atoms with Crippen LogP contribution in [0.4, 0.5) is 10.1 Å². The number of halogens is 1. The van der Waals surface area contributed by atoms with E-state index >= 15 is 0 Å². The molecule has 1 aliphatic rings. The summed E-state index contributed by atoms with van der Waals surface area (Å²) in [5.41, 5.74) is 4.81. The summed E-state index contributed by atoms with van der Waals surface area (Å²) in [5, 5.41) is 3.56. The first kappa shape index (κ1) is 28.1. The topological polar surface area (TPSA) is 39.7 Å². The Morgan fingerprint density at radius 2 is 1.71 bits per heavy atom. The third-order valence-corrected chi connectivity index (χ3v) is 7.08. The zero-order valence-corrected chi connectivity index (χ0v) is 23.6. The monoisotopic (exact) mass is 519 g/mol. The van der Waals surface area contributed by atoms with Gasteiger partial charge in [0.15, 0.2) is 0 Å². The van der Waals surface area contributed by atoms with Gasteiger partial charge in [0.2, 0.25) is 0 Å². The van der Waals surface area contributed by atoms with Crippen molar-refractivity contribution >= 4 is 5.69 Å². The van der Waals surface area contributed by atoms with E-state index in [1.54, 1.807) is 6.07 Å². The van der Waals surface area contributed by atoms with Crippen LogP contribution in [-0.4, -0.2) is 18.3 Å². The molecule has 38 heavy (non-hydrogen) atoms. The summed E-state index contributed by atoms with van der Waals surface area (Å²) in [5.74, 6) is 0.539. The second-order valence-electron chi connectivity index (χ2n) is 11.8. The summed E-state index contributed by atoms with van der Waals surface area (Å²) in [7, 11) is 0. The smallest absolute Gasteiger partial charge is 0.132 e. The van der Waals surface area contributed by atoms with Crippen LogP contribution in [0.2, 0.25) is 0 Å². The summed E-state index contributed by atoms with van der Waals surface area (Å²) in [6.45, 7) is 14.5. The van der Waals surface area contributed by atoms with Crippen LogP contribution in [0, 0.1) is 5.82 Å². The summed E-state index contributed by atoms with van der Waals surface area (Å²) in [6, 6.07) is 21.5. The molecule has 0 bridgehead atoms. The van der Waals surface area contributed by atoms with E-state index in [0.717, 1.165) is 42.0 Å². The number of unbranched alkanes of at least 4 members (excludes halogenated alkanes) is 1. The lowest BCUT2D eigenvalue weighted by atomic mass is 9.87. The van der Waals surface area contributed by atoms with Crippen LogP contribution in [-0.2, 0) is 28.0 Å². The van der Waals surface area contributed by atoms with Crippen LogP contribution < -0.4 is 10.1 Å². The Hall–Kier alpha value is -2.89. The van der Waals surface area contributed by atoms with E-state index < -0.39 is 5.60 Å². The lowest BCUT2D eigenvalue weighted by Crippen LogP contribution is -2.51. The molecule has 4 nitrogen and oxygen atoms in total. The van der Waals surface area contributed by atoms with Gasteiger partial charge in [0.05, 0.1) is 6.61 Å². The first-order valence-electron chi connectivity index (χ1n) is 13.7. The number of nitrogens with one attached hydrogen (secondary N) is 1. The number of rotatable bonds is 10. The number of ether oxygens (including phenoxy) is 3. The zero-order chi connectivity index (χ0) is 27.3. The van der Waals surface area contributed by atoms with Crippen LogP contribution in [0.25, 0.3) is 0 Å². The summed E-state index contributed by atoms with van der Waals surface area (Å²) in [6.07, 6.45) is 1.34. The first-order valence-corrected chi connectivity index (χ1v) is 13.7. The molecule has 0 fully saturated rings. The highest BCUT2D eigenvalue weighted by atomic mass is 19.1. The van der Waals surface area contributed by atoms with Crippen LogP contribution in [0.5, 0.6) is 5.75 Å². The van der Waals surface area contributed by atoms with Gasteiger partial charge in [-0.15, -0.1) is 0 Å². The fourth-order valence-electron chi connectivity index (χ4n) is 4.80. The Morgan fingerprint density at radius 1 is 0.947 bits per heavy atom. The second kappa shape index (κ2) is 11.9. The van der Waals surface area contributed by atoms with Gasteiger partial charge in [-0.25, -0.2) is 4.39 Å². The van der Waals surface area contributed by atoms with Crippen molar-refractivity contribution in [3.63, 3.8) is 0 Å². The minimum absolute atomic E-state index is 0.137. The van der Waals surface area contributed by atoms with Crippen molar-refractivity contribution in [1.29, 1.82) is 0 Å². The van der Waals surface area contributed by atoms with Crippen molar-refractivity contribution in [2.75, 3.05) is 11.9 Å². The third kappa shape index (κ3) is 6.95. The van der Waals surface area contributed by atoms with E-state index in [4.69, 9.17) is 14.2 Å². The molecule has 1 N–H and O–H groups in total. The van der Waals surface area contributed by atoms with E-state index in [2.05, 4.69) is 69.4 Å². The van der Waals surface area contributed by atoms with Crippen molar-refractivity contribution in [3.05, 3.63) is 94.8 Å². The maximum absolute atomic E-state index is 13.8. The zero-order valence-electron chi connectivity index (χ0n) is 23.6. The molecule has 0 amide bonds. The maximum atomic E-state index is 13.8. The Kier molecular flexibility index (Phi) is 8.79. The van der Waals surface area contributed by atoms with Crippen molar-refractivity contribution in [2.45, 2.75) is 90.8 Å². The Bertz CT molecular complexity index is 1200. The van der Waals surface area contributed by atoms with E-state index in [9.17, 15) is 4.39 Å². The maximum Gasteiger partial charge on any atom is 0.132 e. The highest BCUT2D eigenvalue weighted by Gasteiger charge is 2.45. The molecule has 1 aliphatic heterocycles. The molecule has 1 heterocycles. The van der Waals surface area contributed by atoms with Gasteiger partial charge in [0.1, 0.15) is 29.4 Å². The molecule has 0 radical (unpaired) electrons. The highest BCUT2D eigenvalue weighted by Crippen LogP contribution is 2.44. The molecule has 0 saturated heterocycles. The van der Waals surface area contributed by atoms with Crippen LogP contribution >= 0.6 is 0 Å². The summed E-state index contributed by atoms with van der Waals surface area (Å²) < 4.78 is 33.1. The van der Waals surface area contributed by atoms with E-state index in [0.29, 0.717) is 6.61 Å². The molecule has 3 aromatic carbocycles. The molecule has 204 valence electrons. The van der Waals surface area contributed by atoms with Gasteiger partial charge in [-0.1, -0.05) is 70.5 Å². The molecule has 0 spiro atoms. The number of anilines is 1. The molecule has 0 aliphatic carbocycles. The van der Waals surface area contributed by atoms with Crippen LogP contribution in [0.1, 0.15) is 82.7 Å². The Labute approximate surface area is 227 Å². The molecule has 0 saturated carbocycles. The minimum atomic E-state index is -0.624. The van der Waals surface area contributed by atoms with Gasteiger partial charge in [-0.3, -0.25) is 0 Å². The molecule has 2 atom stereocenters. The molecule has 3 aromatic rings. The molecule has 2 unspecified atom stereocenters. The summed E-state index contributed by atoms with van der Waals surface area (Å²) >= 11 is 0. The molecule has 0 aromatic heterocycles. The largest absolute Gasteiger partial charge is 0.485 e. The average molecular weight is 520 g/mol. The summed E-state index contributed by atoms with van der Waals surface area (Å²) in [4.78, 5) is 0. The van der Waals surface area contributed by atoms with E-state index in [-0.39, 0.29) is 30.0 Å². The fourth-order valence-corrected chi connectivity index (χ4v) is 4.80. The number of hydrogen-bond donors (Lipinski definition) is 1. The number of benzene rings is 3. The fraction of sp³-hybridized carbons (Fsp3) is 0.455. The predicted molar refractivity (Wildman–Crippen MR) is 152 cm³/mol. The lowest BCUT2D eigenvalue weighted by Gasteiger charge is -2.44. The molecular weight excluding hydrogens is 477 g/mol. The van der Waals surface area contributed by atoms with Gasteiger partial charge in [-0.05, 0) is 72.7 Å². The minimum Gasteiger partial charge on any atom is -0.485 e.